The van der Waals surface area contributed by atoms with E-state index in [1.54, 1.807) is 7.05 Å². The maximum atomic E-state index is 11.5. The van der Waals surface area contributed by atoms with Crippen LogP contribution >= 0.6 is 24.0 Å². The first-order valence-corrected chi connectivity index (χ1v) is 11.2. The molecule has 1 amide bonds. The van der Waals surface area contributed by atoms with Crippen molar-refractivity contribution in [3.05, 3.63) is 35.9 Å². The summed E-state index contributed by atoms with van der Waals surface area (Å²) in [5.41, 5.74) is 1.34. The van der Waals surface area contributed by atoms with Crippen LogP contribution in [0.2, 0.25) is 0 Å². The van der Waals surface area contributed by atoms with Crippen molar-refractivity contribution in [2.75, 3.05) is 46.8 Å². The third-order valence-corrected chi connectivity index (χ3v) is 5.76. The van der Waals surface area contributed by atoms with E-state index in [1.807, 2.05) is 0 Å². The zero-order valence-electron chi connectivity index (χ0n) is 19.6. The van der Waals surface area contributed by atoms with E-state index in [4.69, 9.17) is 4.99 Å². The number of nitrogens with zero attached hydrogens (tertiary/aromatic N) is 3. The number of guanidine groups is 1. The highest BCUT2D eigenvalue weighted by Gasteiger charge is 2.21. The first kappa shape index (κ1) is 27.6. The summed E-state index contributed by atoms with van der Waals surface area (Å²) >= 11 is 0. The highest BCUT2D eigenvalue weighted by Crippen LogP contribution is 2.11. The number of carbonyl (C=O) groups excluding carboxylic acids is 1. The quantitative estimate of drug-likeness (QED) is 0.240. The highest BCUT2D eigenvalue weighted by atomic mass is 127. The normalized spacial score (nSPS) is 16.5. The molecule has 0 radical (unpaired) electrons. The second kappa shape index (κ2) is 15.4. The predicted octanol–water partition coefficient (Wildman–Crippen LogP) is 2.28. The van der Waals surface area contributed by atoms with Gasteiger partial charge in [-0.15, -0.1) is 24.0 Å². The number of benzene rings is 1. The number of likely N-dealkylation sites (tertiary alicyclic amines) is 1. The van der Waals surface area contributed by atoms with E-state index in [0.717, 1.165) is 57.9 Å². The summed E-state index contributed by atoms with van der Waals surface area (Å²) in [6.07, 6.45) is 3.07. The van der Waals surface area contributed by atoms with Gasteiger partial charge in [0.15, 0.2) is 5.96 Å². The van der Waals surface area contributed by atoms with E-state index in [0.29, 0.717) is 18.6 Å². The number of hydrogen-bond donors (Lipinski definition) is 3. The Balaban J connectivity index is 0.00000480. The lowest BCUT2D eigenvalue weighted by Crippen LogP contribution is -2.50. The maximum absolute atomic E-state index is 11.5. The standard InChI is InChI=1S/C23H40N6O.HI/c1-5-25-23(27-21-12-15-29(16-13-21)18-22(30)24-3)26-14-11-19(2)28(4)17-20-9-7-6-8-10-20;/h6-10,19,21H,5,11-18H2,1-4H3,(H,24,30)(H2,25,26,27);1H. The van der Waals surface area contributed by atoms with E-state index in [9.17, 15) is 4.79 Å². The molecule has 0 aromatic heterocycles. The fourth-order valence-electron chi connectivity index (χ4n) is 3.64. The van der Waals surface area contributed by atoms with E-state index in [-0.39, 0.29) is 29.9 Å². The van der Waals surface area contributed by atoms with Gasteiger partial charge in [0.05, 0.1) is 6.54 Å². The molecule has 7 nitrogen and oxygen atoms in total. The van der Waals surface area contributed by atoms with Crippen molar-refractivity contribution in [3.8, 4) is 0 Å². The number of nitrogens with one attached hydrogen (secondary N) is 3. The third-order valence-electron chi connectivity index (χ3n) is 5.76. The lowest BCUT2D eigenvalue weighted by atomic mass is 10.1. The molecular weight excluding hydrogens is 503 g/mol. The van der Waals surface area contributed by atoms with Crippen LogP contribution in [0.5, 0.6) is 0 Å². The minimum atomic E-state index is 0. The van der Waals surface area contributed by atoms with Crippen molar-refractivity contribution in [1.82, 2.24) is 25.8 Å². The molecule has 2 rings (SSSR count). The molecule has 1 aromatic rings. The van der Waals surface area contributed by atoms with Gasteiger partial charge in [-0.05, 0) is 45.7 Å². The van der Waals surface area contributed by atoms with Gasteiger partial charge in [0.25, 0.3) is 0 Å². The number of hydrogen-bond acceptors (Lipinski definition) is 4. The first-order chi connectivity index (χ1) is 14.5. The second-order valence-corrected chi connectivity index (χ2v) is 8.17. The Kier molecular flexibility index (Phi) is 13.7. The zero-order valence-corrected chi connectivity index (χ0v) is 21.9. The van der Waals surface area contributed by atoms with E-state index in [2.05, 4.69) is 77.0 Å². The molecule has 0 spiro atoms. The van der Waals surface area contributed by atoms with Crippen molar-refractivity contribution in [2.24, 2.45) is 4.99 Å². The molecule has 176 valence electrons. The monoisotopic (exact) mass is 544 g/mol. The summed E-state index contributed by atoms with van der Waals surface area (Å²) in [4.78, 5) is 21.0. The molecule has 1 heterocycles. The summed E-state index contributed by atoms with van der Waals surface area (Å²) in [7, 11) is 3.87. The number of rotatable bonds is 10. The van der Waals surface area contributed by atoms with Gasteiger partial charge in [0.1, 0.15) is 0 Å². The van der Waals surface area contributed by atoms with Gasteiger partial charge in [-0.2, -0.15) is 0 Å². The van der Waals surface area contributed by atoms with Crippen LogP contribution in [0.3, 0.4) is 0 Å². The molecule has 1 saturated heterocycles. The number of amides is 1. The molecule has 1 fully saturated rings. The minimum absolute atomic E-state index is 0. The molecule has 8 heteroatoms. The molecule has 0 bridgehead atoms. The van der Waals surface area contributed by atoms with Crippen LogP contribution < -0.4 is 16.0 Å². The second-order valence-electron chi connectivity index (χ2n) is 8.17. The molecule has 0 aliphatic carbocycles. The third kappa shape index (κ3) is 10.7. The molecule has 3 N–H and O–H groups in total. The number of likely N-dealkylation sites (N-methyl/N-ethyl adjacent to an activating group) is 1. The molecule has 1 atom stereocenters. The predicted molar refractivity (Wildman–Crippen MR) is 140 cm³/mol. The van der Waals surface area contributed by atoms with Gasteiger partial charge in [-0.3, -0.25) is 19.6 Å². The summed E-state index contributed by atoms with van der Waals surface area (Å²) in [5, 5.41) is 9.66. The largest absolute Gasteiger partial charge is 0.358 e. The topological polar surface area (TPSA) is 72.0 Å². The molecular formula is C23H41IN6O. The Bertz CT molecular complexity index is 649. The van der Waals surface area contributed by atoms with Crippen molar-refractivity contribution >= 4 is 35.8 Å². The minimum Gasteiger partial charge on any atom is -0.358 e. The molecule has 1 unspecified atom stereocenters. The van der Waals surface area contributed by atoms with Crippen LogP contribution in [-0.2, 0) is 11.3 Å². The first-order valence-electron chi connectivity index (χ1n) is 11.2. The fourth-order valence-corrected chi connectivity index (χ4v) is 3.64. The SMILES string of the molecule is CCNC(=NCCC(C)N(C)Cc1ccccc1)NC1CCN(CC(=O)NC)CC1.I. The summed E-state index contributed by atoms with van der Waals surface area (Å²) in [6.45, 7) is 9.33. The number of carbonyl (C=O) groups is 1. The van der Waals surface area contributed by atoms with Gasteiger partial charge in [0, 0.05) is 51.9 Å². The van der Waals surface area contributed by atoms with E-state index >= 15 is 0 Å². The Morgan fingerprint density at radius 2 is 1.94 bits per heavy atom. The fraction of sp³-hybridized carbons (Fsp3) is 0.652. The molecule has 0 saturated carbocycles. The Labute approximate surface area is 205 Å². The summed E-state index contributed by atoms with van der Waals surface area (Å²) in [6, 6.07) is 11.5. The number of aliphatic imine (C=N–C) groups is 1. The smallest absolute Gasteiger partial charge is 0.233 e. The molecule has 1 aliphatic heterocycles. The van der Waals surface area contributed by atoms with Crippen molar-refractivity contribution in [1.29, 1.82) is 0 Å². The summed E-state index contributed by atoms with van der Waals surface area (Å²) < 4.78 is 0. The van der Waals surface area contributed by atoms with Gasteiger partial charge in [-0.25, -0.2) is 0 Å². The molecule has 1 aromatic carbocycles. The number of halogens is 1. The van der Waals surface area contributed by atoms with Crippen molar-refractivity contribution in [2.45, 2.75) is 51.7 Å². The van der Waals surface area contributed by atoms with Gasteiger partial charge in [-0.1, -0.05) is 30.3 Å². The van der Waals surface area contributed by atoms with Crippen molar-refractivity contribution < 1.29 is 4.79 Å². The Morgan fingerprint density at radius 3 is 2.55 bits per heavy atom. The van der Waals surface area contributed by atoms with E-state index in [1.165, 1.54) is 5.56 Å². The maximum Gasteiger partial charge on any atom is 0.233 e. The molecule has 1 aliphatic rings. The van der Waals surface area contributed by atoms with Gasteiger partial charge in [0.2, 0.25) is 5.91 Å². The van der Waals surface area contributed by atoms with Crippen LogP contribution in [0.25, 0.3) is 0 Å². The zero-order chi connectivity index (χ0) is 21.8. The van der Waals surface area contributed by atoms with E-state index < -0.39 is 0 Å². The van der Waals surface area contributed by atoms with Crippen LogP contribution in [0, 0.1) is 0 Å². The highest BCUT2D eigenvalue weighted by molar-refractivity contribution is 14.0. The average Bonchev–Trinajstić information content (AvgIpc) is 2.75. The van der Waals surface area contributed by atoms with Crippen LogP contribution in [0.4, 0.5) is 0 Å². The van der Waals surface area contributed by atoms with Crippen molar-refractivity contribution in [3.63, 3.8) is 0 Å². The van der Waals surface area contributed by atoms with Crippen LogP contribution in [0.1, 0.15) is 38.7 Å². The van der Waals surface area contributed by atoms with Gasteiger partial charge >= 0.3 is 0 Å². The average molecular weight is 545 g/mol. The summed E-state index contributed by atoms with van der Waals surface area (Å²) in [5.74, 6) is 0.989. The number of piperidine rings is 1. The Hall–Kier alpha value is -1.39. The lowest BCUT2D eigenvalue weighted by Gasteiger charge is -2.32. The molecule has 31 heavy (non-hydrogen) atoms. The Morgan fingerprint density at radius 1 is 1.26 bits per heavy atom. The van der Waals surface area contributed by atoms with Crippen LogP contribution in [-0.4, -0.2) is 80.6 Å². The lowest BCUT2D eigenvalue weighted by molar-refractivity contribution is -0.122. The van der Waals surface area contributed by atoms with Gasteiger partial charge < -0.3 is 16.0 Å². The van der Waals surface area contributed by atoms with Crippen LogP contribution in [0.15, 0.2) is 35.3 Å².